The monoisotopic (exact) mass is 278 g/mol. The van der Waals surface area contributed by atoms with E-state index in [0.29, 0.717) is 5.15 Å². The first-order chi connectivity index (χ1) is 9.83. The normalized spacial score (nSPS) is 11.2. The van der Waals surface area contributed by atoms with Gasteiger partial charge in [-0.2, -0.15) is 0 Å². The van der Waals surface area contributed by atoms with Crippen molar-refractivity contribution in [3.63, 3.8) is 0 Å². The molecule has 0 bridgehead atoms. The Labute approximate surface area is 121 Å². The van der Waals surface area contributed by atoms with Gasteiger partial charge in [-0.3, -0.25) is 4.57 Å². The number of pyridine rings is 1. The summed E-state index contributed by atoms with van der Waals surface area (Å²) in [5.74, 6) is 0. The highest BCUT2D eigenvalue weighted by atomic mass is 35.5. The molecule has 0 fully saturated rings. The summed E-state index contributed by atoms with van der Waals surface area (Å²) in [5.41, 5.74) is 2.89. The van der Waals surface area contributed by atoms with Crippen LogP contribution in [0.2, 0.25) is 5.15 Å². The van der Waals surface area contributed by atoms with Crippen molar-refractivity contribution >= 4 is 33.5 Å². The molecule has 4 rings (SSSR count). The molecule has 2 nitrogen and oxygen atoms in total. The standard InChI is InChI=1S/C17H11ClN2/c18-16-11-13-10-12-6-4-5-9-15(12)19-17(13)20(16)14-7-2-1-3-8-14/h1-11H. The van der Waals surface area contributed by atoms with Gasteiger partial charge in [0.25, 0.3) is 0 Å². The van der Waals surface area contributed by atoms with Crippen molar-refractivity contribution in [2.45, 2.75) is 0 Å². The highest BCUT2D eigenvalue weighted by Gasteiger charge is 2.11. The molecule has 2 aromatic carbocycles. The predicted octanol–water partition coefficient (Wildman–Crippen LogP) is 4.83. The fourth-order valence-electron chi connectivity index (χ4n) is 2.52. The molecule has 0 saturated heterocycles. The largest absolute Gasteiger partial charge is 0.284 e. The molecule has 2 aromatic heterocycles. The van der Waals surface area contributed by atoms with Crippen LogP contribution in [0.1, 0.15) is 0 Å². The highest BCUT2D eigenvalue weighted by molar-refractivity contribution is 6.31. The van der Waals surface area contributed by atoms with E-state index in [1.807, 2.05) is 59.2 Å². The fraction of sp³-hybridized carbons (Fsp3) is 0. The van der Waals surface area contributed by atoms with Crippen molar-refractivity contribution in [3.8, 4) is 5.69 Å². The molecule has 0 unspecified atom stereocenters. The average molecular weight is 279 g/mol. The molecule has 0 aliphatic carbocycles. The third kappa shape index (κ3) is 1.69. The molecule has 0 spiro atoms. The van der Waals surface area contributed by atoms with E-state index in [0.717, 1.165) is 27.6 Å². The lowest BCUT2D eigenvalue weighted by Gasteiger charge is -2.06. The summed E-state index contributed by atoms with van der Waals surface area (Å²) in [5, 5.41) is 2.86. The molecule has 4 aromatic rings. The summed E-state index contributed by atoms with van der Waals surface area (Å²) in [7, 11) is 0. The molecule has 0 aliphatic heterocycles. The number of aromatic nitrogens is 2. The van der Waals surface area contributed by atoms with Crippen LogP contribution in [-0.2, 0) is 0 Å². The number of hydrogen-bond acceptors (Lipinski definition) is 1. The van der Waals surface area contributed by atoms with Crippen LogP contribution >= 0.6 is 11.6 Å². The Kier molecular flexibility index (Phi) is 2.51. The lowest BCUT2D eigenvalue weighted by molar-refractivity contribution is 1.10. The number of fused-ring (bicyclic) bond motifs is 2. The van der Waals surface area contributed by atoms with Crippen LogP contribution < -0.4 is 0 Å². The van der Waals surface area contributed by atoms with Gasteiger partial charge in [0.05, 0.1) is 5.52 Å². The van der Waals surface area contributed by atoms with E-state index >= 15 is 0 Å². The Bertz CT molecular complexity index is 910. The Morgan fingerprint density at radius 3 is 2.40 bits per heavy atom. The van der Waals surface area contributed by atoms with Gasteiger partial charge in [0.2, 0.25) is 0 Å². The molecule has 0 aliphatic rings. The second kappa shape index (κ2) is 4.36. The van der Waals surface area contributed by atoms with E-state index in [1.165, 1.54) is 0 Å². The summed E-state index contributed by atoms with van der Waals surface area (Å²) >= 11 is 6.40. The minimum absolute atomic E-state index is 0.675. The minimum Gasteiger partial charge on any atom is -0.284 e. The maximum absolute atomic E-state index is 6.40. The molecule has 0 N–H and O–H groups in total. The quantitative estimate of drug-likeness (QED) is 0.487. The zero-order chi connectivity index (χ0) is 13.5. The number of nitrogens with zero attached hydrogens (tertiary/aromatic N) is 2. The first-order valence-corrected chi connectivity index (χ1v) is 6.83. The first kappa shape index (κ1) is 11.5. The second-order valence-corrected chi connectivity index (χ2v) is 5.12. The summed E-state index contributed by atoms with van der Waals surface area (Å²) in [6, 6.07) is 22.2. The van der Waals surface area contributed by atoms with Crippen LogP contribution in [-0.4, -0.2) is 9.55 Å². The van der Waals surface area contributed by atoms with E-state index in [-0.39, 0.29) is 0 Å². The molecular formula is C17H11ClN2. The number of rotatable bonds is 1. The van der Waals surface area contributed by atoms with E-state index in [2.05, 4.69) is 12.1 Å². The van der Waals surface area contributed by atoms with Gasteiger partial charge in [-0.25, -0.2) is 4.98 Å². The Morgan fingerprint density at radius 2 is 1.55 bits per heavy atom. The molecule has 2 heterocycles. The fourth-order valence-corrected chi connectivity index (χ4v) is 2.82. The molecule has 0 amide bonds. The second-order valence-electron chi connectivity index (χ2n) is 4.73. The summed E-state index contributed by atoms with van der Waals surface area (Å²) < 4.78 is 1.98. The van der Waals surface area contributed by atoms with Crippen LogP contribution in [0.15, 0.2) is 66.7 Å². The van der Waals surface area contributed by atoms with Crippen molar-refractivity contribution in [2.24, 2.45) is 0 Å². The third-order valence-electron chi connectivity index (χ3n) is 3.45. The maximum Gasteiger partial charge on any atom is 0.146 e. The Morgan fingerprint density at radius 1 is 0.800 bits per heavy atom. The van der Waals surface area contributed by atoms with Crippen LogP contribution in [0.4, 0.5) is 0 Å². The van der Waals surface area contributed by atoms with E-state index in [4.69, 9.17) is 16.6 Å². The van der Waals surface area contributed by atoms with Gasteiger partial charge in [0.15, 0.2) is 0 Å². The minimum atomic E-state index is 0.675. The number of para-hydroxylation sites is 2. The van der Waals surface area contributed by atoms with Gasteiger partial charge in [0, 0.05) is 16.5 Å². The Balaban J connectivity index is 2.10. The first-order valence-electron chi connectivity index (χ1n) is 6.45. The Hall–Kier alpha value is -2.32. The van der Waals surface area contributed by atoms with Crippen molar-refractivity contribution in [1.29, 1.82) is 0 Å². The van der Waals surface area contributed by atoms with Crippen LogP contribution in [0, 0.1) is 0 Å². The van der Waals surface area contributed by atoms with E-state index in [1.54, 1.807) is 0 Å². The van der Waals surface area contributed by atoms with Gasteiger partial charge in [-0.15, -0.1) is 0 Å². The van der Waals surface area contributed by atoms with Gasteiger partial charge < -0.3 is 0 Å². The maximum atomic E-state index is 6.40. The predicted molar refractivity (Wildman–Crippen MR) is 83.6 cm³/mol. The number of halogens is 1. The van der Waals surface area contributed by atoms with Gasteiger partial charge >= 0.3 is 0 Å². The molecule has 0 saturated carbocycles. The van der Waals surface area contributed by atoms with Crippen molar-refractivity contribution in [1.82, 2.24) is 9.55 Å². The van der Waals surface area contributed by atoms with E-state index in [9.17, 15) is 0 Å². The van der Waals surface area contributed by atoms with Gasteiger partial charge in [0.1, 0.15) is 10.8 Å². The van der Waals surface area contributed by atoms with Gasteiger partial charge in [-0.1, -0.05) is 48.0 Å². The highest BCUT2D eigenvalue weighted by Crippen LogP contribution is 2.28. The summed E-state index contributed by atoms with van der Waals surface area (Å²) in [6.45, 7) is 0. The van der Waals surface area contributed by atoms with Crippen molar-refractivity contribution < 1.29 is 0 Å². The van der Waals surface area contributed by atoms with Crippen LogP contribution in [0.25, 0.3) is 27.6 Å². The third-order valence-corrected chi connectivity index (χ3v) is 3.72. The molecule has 96 valence electrons. The number of hydrogen-bond donors (Lipinski definition) is 0. The molecule has 0 radical (unpaired) electrons. The van der Waals surface area contributed by atoms with Crippen LogP contribution in [0.5, 0.6) is 0 Å². The summed E-state index contributed by atoms with van der Waals surface area (Å²) in [6.07, 6.45) is 0. The van der Waals surface area contributed by atoms with E-state index < -0.39 is 0 Å². The smallest absolute Gasteiger partial charge is 0.146 e. The number of benzene rings is 2. The molecule has 0 atom stereocenters. The van der Waals surface area contributed by atoms with Crippen molar-refractivity contribution in [2.75, 3.05) is 0 Å². The zero-order valence-corrected chi connectivity index (χ0v) is 11.4. The average Bonchev–Trinajstić information content (AvgIpc) is 2.80. The molecular weight excluding hydrogens is 268 g/mol. The van der Waals surface area contributed by atoms with Crippen molar-refractivity contribution in [3.05, 3.63) is 71.9 Å². The van der Waals surface area contributed by atoms with Crippen LogP contribution in [0.3, 0.4) is 0 Å². The molecule has 20 heavy (non-hydrogen) atoms. The summed E-state index contributed by atoms with van der Waals surface area (Å²) in [4.78, 5) is 4.75. The lowest BCUT2D eigenvalue weighted by atomic mass is 10.2. The lowest BCUT2D eigenvalue weighted by Crippen LogP contribution is -1.95. The zero-order valence-electron chi connectivity index (χ0n) is 10.6. The van der Waals surface area contributed by atoms with Gasteiger partial charge in [-0.05, 0) is 30.3 Å². The molecule has 3 heteroatoms. The SMILES string of the molecule is Clc1cc2cc3ccccc3nc2n1-c1ccccc1. The topological polar surface area (TPSA) is 17.8 Å².